The van der Waals surface area contributed by atoms with Crippen LogP contribution in [-0.4, -0.2) is 10.9 Å². The van der Waals surface area contributed by atoms with Crippen molar-refractivity contribution in [2.75, 3.05) is 11.5 Å². The number of thioether (sulfide) groups is 1. The van der Waals surface area contributed by atoms with Crippen LogP contribution in [0.4, 0.5) is 5.69 Å². The van der Waals surface area contributed by atoms with E-state index in [1.54, 1.807) is 11.8 Å². The maximum atomic E-state index is 10.5. The van der Waals surface area contributed by atoms with Crippen LogP contribution in [-0.2, 0) is 5.60 Å². The molecule has 3 N–H and O–H groups in total. The summed E-state index contributed by atoms with van der Waals surface area (Å²) in [4.78, 5) is 1.11. The Labute approximate surface area is 112 Å². The molecule has 0 fully saturated rings. The van der Waals surface area contributed by atoms with Gasteiger partial charge in [-0.1, -0.05) is 30.3 Å². The zero-order chi connectivity index (χ0) is 13.0. The van der Waals surface area contributed by atoms with Crippen LogP contribution in [0.25, 0.3) is 0 Å². The predicted molar refractivity (Wildman–Crippen MR) is 77.6 cm³/mol. The van der Waals surface area contributed by atoms with Crippen molar-refractivity contribution in [1.82, 2.24) is 0 Å². The van der Waals surface area contributed by atoms with Crippen molar-refractivity contribution in [1.29, 1.82) is 0 Å². The van der Waals surface area contributed by atoms with Gasteiger partial charge in [-0.15, -0.1) is 11.8 Å². The number of rotatable bonds is 4. The summed E-state index contributed by atoms with van der Waals surface area (Å²) < 4.78 is 0. The van der Waals surface area contributed by atoms with Crippen LogP contribution < -0.4 is 5.73 Å². The number of aliphatic hydroxyl groups is 1. The Morgan fingerprint density at radius 1 is 1.06 bits per heavy atom. The molecule has 94 valence electrons. The highest BCUT2D eigenvalue weighted by atomic mass is 32.2. The van der Waals surface area contributed by atoms with Crippen LogP contribution in [0.5, 0.6) is 0 Å². The fourth-order valence-electron chi connectivity index (χ4n) is 1.67. The molecule has 1 unspecified atom stereocenters. The van der Waals surface area contributed by atoms with E-state index in [1.165, 1.54) is 0 Å². The number of hydrogen-bond acceptors (Lipinski definition) is 3. The van der Waals surface area contributed by atoms with Gasteiger partial charge in [0, 0.05) is 16.3 Å². The first-order chi connectivity index (χ1) is 8.58. The van der Waals surface area contributed by atoms with E-state index in [0.29, 0.717) is 5.75 Å². The van der Waals surface area contributed by atoms with Gasteiger partial charge in [0.2, 0.25) is 0 Å². The Morgan fingerprint density at radius 3 is 2.28 bits per heavy atom. The van der Waals surface area contributed by atoms with E-state index < -0.39 is 5.60 Å². The molecule has 0 aliphatic carbocycles. The van der Waals surface area contributed by atoms with E-state index in [4.69, 9.17) is 5.73 Å². The minimum Gasteiger partial charge on any atom is -0.399 e. The van der Waals surface area contributed by atoms with Gasteiger partial charge < -0.3 is 10.8 Å². The number of benzene rings is 2. The maximum absolute atomic E-state index is 10.5. The molecular weight excluding hydrogens is 242 g/mol. The number of nitrogens with two attached hydrogens (primary N) is 1. The van der Waals surface area contributed by atoms with Crippen LogP contribution in [0.1, 0.15) is 12.5 Å². The number of anilines is 1. The SMILES string of the molecule is CC(O)(CSc1ccc(N)cc1)c1ccccc1. The van der Waals surface area contributed by atoms with E-state index >= 15 is 0 Å². The highest BCUT2D eigenvalue weighted by molar-refractivity contribution is 7.99. The fraction of sp³-hybridized carbons (Fsp3) is 0.200. The van der Waals surface area contributed by atoms with Crippen molar-refractivity contribution in [3.8, 4) is 0 Å². The average molecular weight is 259 g/mol. The molecule has 2 nitrogen and oxygen atoms in total. The molecular formula is C15H17NOS. The van der Waals surface area contributed by atoms with Gasteiger partial charge >= 0.3 is 0 Å². The smallest absolute Gasteiger partial charge is 0.0962 e. The molecule has 0 saturated heterocycles. The molecule has 3 heteroatoms. The van der Waals surface area contributed by atoms with Crippen LogP contribution in [0.3, 0.4) is 0 Å². The second-order valence-electron chi connectivity index (χ2n) is 4.50. The van der Waals surface area contributed by atoms with E-state index in [1.807, 2.05) is 61.5 Å². The zero-order valence-electron chi connectivity index (χ0n) is 10.3. The van der Waals surface area contributed by atoms with E-state index in [9.17, 15) is 5.11 Å². The number of hydrogen-bond donors (Lipinski definition) is 2. The maximum Gasteiger partial charge on any atom is 0.0962 e. The Kier molecular flexibility index (Phi) is 3.94. The largest absolute Gasteiger partial charge is 0.399 e. The van der Waals surface area contributed by atoms with Gasteiger partial charge in [0.15, 0.2) is 0 Å². The van der Waals surface area contributed by atoms with Gasteiger partial charge in [-0.2, -0.15) is 0 Å². The molecule has 0 radical (unpaired) electrons. The third-order valence-electron chi connectivity index (χ3n) is 2.80. The van der Waals surface area contributed by atoms with Gasteiger partial charge in [0.05, 0.1) is 5.60 Å². The lowest BCUT2D eigenvalue weighted by Crippen LogP contribution is -2.24. The minimum atomic E-state index is -0.826. The second kappa shape index (κ2) is 5.46. The fourth-order valence-corrected chi connectivity index (χ4v) is 2.61. The van der Waals surface area contributed by atoms with Gasteiger partial charge in [0.25, 0.3) is 0 Å². The molecule has 0 saturated carbocycles. The summed E-state index contributed by atoms with van der Waals surface area (Å²) in [6.07, 6.45) is 0. The molecule has 0 bridgehead atoms. The Morgan fingerprint density at radius 2 is 1.67 bits per heavy atom. The monoisotopic (exact) mass is 259 g/mol. The first kappa shape index (κ1) is 13.0. The van der Waals surface area contributed by atoms with E-state index in [2.05, 4.69) is 0 Å². The van der Waals surface area contributed by atoms with E-state index in [-0.39, 0.29) is 0 Å². The lowest BCUT2D eigenvalue weighted by molar-refractivity contribution is 0.0839. The summed E-state index contributed by atoms with van der Waals surface area (Å²) in [7, 11) is 0. The topological polar surface area (TPSA) is 46.2 Å². The molecule has 0 aliphatic rings. The Hall–Kier alpha value is -1.45. The van der Waals surface area contributed by atoms with Crippen molar-refractivity contribution in [3.63, 3.8) is 0 Å². The van der Waals surface area contributed by atoms with Gasteiger partial charge in [-0.25, -0.2) is 0 Å². The normalized spacial score (nSPS) is 14.1. The standard InChI is InChI=1S/C15H17NOS/c1-15(17,12-5-3-2-4-6-12)11-18-14-9-7-13(16)8-10-14/h2-10,17H,11,16H2,1H3. The van der Waals surface area contributed by atoms with Crippen molar-refractivity contribution in [2.45, 2.75) is 17.4 Å². The van der Waals surface area contributed by atoms with Crippen molar-refractivity contribution in [3.05, 3.63) is 60.2 Å². The first-order valence-electron chi connectivity index (χ1n) is 5.84. The van der Waals surface area contributed by atoms with Gasteiger partial charge in [-0.05, 0) is 36.8 Å². The highest BCUT2D eigenvalue weighted by Gasteiger charge is 2.22. The summed E-state index contributed by atoms with van der Waals surface area (Å²) in [6.45, 7) is 1.84. The summed E-state index contributed by atoms with van der Waals surface area (Å²) in [5.74, 6) is 0.612. The summed E-state index contributed by atoms with van der Waals surface area (Å²) >= 11 is 1.63. The molecule has 1 atom stereocenters. The van der Waals surface area contributed by atoms with Crippen molar-refractivity contribution >= 4 is 17.4 Å². The van der Waals surface area contributed by atoms with Crippen molar-refractivity contribution in [2.24, 2.45) is 0 Å². The Bertz CT molecular complexity index is 494. The van der Waals surface area contributed by atoms with Crippen molar-refractivity contribution < 1.29 is 5.11 Å². The molecule has 0 aliphatic heterocycles. The van der Waals surface area contributed by atoms with Gasteiger partial charge in [-0.3, -0.25) is 0 Å². The lowest BCUT2D eigenvalue weighted by Gasteiger charge is -2.23. The summed E-state index contributed by atoms with van der Waals surface area (Å²) in [5.41, 5.74) is 6.51. The molecule has 0 aromatic heterocycles. The molecule has 2 aromatic rings. The molecule has 2 aromatic carbocycles. The quantitative estimate of drug-likeness (QED) is 0.654. The highest BCUT2D eigenvalue weighted by Crippen LogP contribution is 2.29. The molecule has 0 amide bonds. The van der Waals surface area contributed by atoms with Crippen LogP contribution >= 0.6 is 11.8 Å². The second-order valence-corrected chi connectivity index (χ2v) is 5.55. The predicted octanol–water partition coefficient (Wildman–Crippen LogP) is 3.27. The molecule has 18 heavy (non-hydrogen) atoms. The summed E-state index contributed by atoms with van der Waals surface area (Å²) in [5, 5.41) is 10.5. The minimum absolute atomic E-state index is 0.612. The van der Waals surface area contributed by atoms with Crippen LogP contribution in [0, 0.1) is 0 Å². The van der Waals surface area contributed by atoms with Crippen LogP contribution in [0.2, 0.25) is 0 Å². The lowest BCUT2D eigenvalue weighted by atomic mass is 9.99. The summed E-state index contributed by atoms with van der Waals surface area (Å²) in [6, 6.07) is 17.4. The molecule has 0 spiro atoms. The van der Waals surface area contributed by atoms with Gasteiger partial charge in [0.1, 0.15) is 0 Å². The van der Waals surface area contributed by atoms with Crippen LogP contribution in [0.15, 0.2) is 59.5 Å². The first-order valence-corrected chi connectivity index (χ1v) is 6.83. The third-order valence-corrected chi connectivity index (χ3v) is 4.11. The average Bonchev–Trinajstić information content (AvgIpc) is 2.39. The molecule has 0 heterocycles. The number of nitrogen functional groups attached to an aromatic ring is 1. The zero-order valence-corrected chi connectivity index (χ0v) is 11.2. The third kappa shape index (κ3) is 3.28. The molecule has 2 rings (SSSR count). The Balaban J connectivity index is 2.03. The van der Waals surface area contributed by atoms with E-state index in [0.717, 1.165) is 16.1 Å².